The number of rotatable bonds is 8. The molecular formula is C27H22NO6S-. The molecule has 4 rings (SSSR count). The summed E-state index contributed by atoms with van der Waals surface area (Å²) in [6.07, 6.45) is 0. The van der Waals surface area contributed by atoms with Crippen LogP contribution >= 0.6 is 11.3 Å². The van der Waals surface area contributed by atoms with Crippen molar-refractivity contribution < 1.29 is 28.9 Å². The summed E-state index contributed by atoms with van der Waals surface area (Å²) in [5.41, 5.74) is 3.37. The van der Waals surface area contributed by atoms with Crippen LogP contribution in [0.2, 0.25) is 0 Å². The molecule has 1 N–H and O–H groups in total. The predicted octanol–water partition coefficient (Wildman–Crippen LogP) is 4.72. The minimum absolute atomic E-state index is 0.0803. The minimum Gasteiger partial charge on any atom is -0.545 e. The number of hydrogen-bond donors (Lipinski definition) is 1. The predicted molar refractivity (Wildman–Crippen MR) is 134 cm³/mol. The van der Waals surface area contributed by atoms with Crippen LogP contribution in [-0.2, 0) is 0 Å². The summed E-state index contributed by atoms with van der Waals surface area (Å²) in [6, 6.07) is 20.4. The Balaban J connectivity index is 1.65. The second-order valence-electron chi connectivity index (χ2n) is 7.45. The Morgan fingerprint density at radius 1 is 0.800 bits per heavy atom. The lowest BCUT2D eigenvalue weighted by atomic mass is 9.99. The molecule has 0 aliphatic rings. The first-order valence-corrected chi connectivity index (χ1v) is 11.4. The van der Waals surface area contributed by atoms with Gasteiger partial charge in [0, 0.05) is 22.1 Å². The summed E-state index contributed by atoms with van der Waals surface area (Å²) in [6.45, 7) is 0. The highest BCUT2D eigenvalue weighted by molar-refractivity contribution is 7.15. The lowest BCUT2D eigenvalue weighted by Gasteiger charge is -2.14. The van der Waals surface area contributed by atoms with Crippen molar-refractivity contribution in [1.82, 2.24) is 0 Å². The van der Waals surface area contributed by atoms with Crippen LogP contribution in [0.3, 0.4) is 0 Å². The smallest absolute Gasteiger partial charge is 0.256 e. The Morgan fingerprint density at radius 2 is 1.37 bits per heavy atom. The van der Waals surface area contributed by atoms with Crippen molar-refractivity contribution in [2.75, 3.05) is 26.6 Å². The van der Waals surface area contributed by atoms with E-state index in [0.29, 0.717) is 28.4 Å². The van der Waals surface area contributed by atoms with Crippen LogP contribution < -0.4 is 24.6 Å². The van der Waals surface area contributed by atoms with Gasteiger partial charge in [-0.2, -0.15) is 0 Å². The highest BCUT2D eigenvalue weighted by Crippen LogP contribution is 2.39. The monoisotopic (exact) mass is 488 g/mol. The molecule has 1 aromatic heterocycles. The SMILES string of the molecule is COc1cc(C(=O)Nc2scc(-c3ccc(-c4ccccc4)cc3)c2C(=O)[O-])cc(OC)c1OC. The molecule has 3 aromatic carbocycles. The molecule has 35 heavy (non-hydrogen) atoms. The van der Waals surface area contributed by atoms with Crippen LogP contribution in [0, 0.1) is 0 Å². The number of carboxylic acids is 1. The van der Waals surface area contributed by atoms with Gasteiger partial charge in [-0.05, 0) is 28.8 Å². The fraction of sp³-hybridized carbons (Fsp3) is 0.111. The van der Waals surface area contributed by atoms with E-state index in [1.807, 2.05) is 54.6 Å². The summed E-state index contributed by atoms with van der Waals surface area (Å²) >= 11 is 1.11. The molecular weight excluding hydrogens is 466 g/mol. The summed E-state index contributed by atoms with van der Waals surface area (Å²) < 4.78 is 15.9. The van der Waals surface area contributed by atoms with Gasteiger partial charge < -0.3 is 29.4 Å². The van der Waals surface area contributed by atoms with E-state index in [0.717, 1.165) is 22.5 Å². The number of carboxylic acid groups (broad SMARTS) is 1. The Bertz CT molecular complexity index is 1340. The van der Waals surface area contributed by atoms with Crippen molar-refractivity contribution >= 4 is 28.2 Å². The number of thiophene rings is 1. The van der Waals surface area contributed by atoms with Crippen molar-refractivity contribution in [2.45, 2.75) is 0 Å². The maximum atomic E-state index is 13.0. The molecule has 0 saturated carbocycles. The van der Waals surface area contributed by atoms with Crippen molar-refractivity contribution in [2.24, 2.45) is 0 Å². The number of carbonyl (C=O) groups is 2. The summed E-state index contributed by atoms with van der Waals surface area (Å²) in [5, 5.41) is 16.6. The number of amides is 1. The molecule has 0 aliphatic carbocycles. The molecule has 0 atom stereocenters. The zero-order valence-electron chi connectivity index (χ0n) is 19.3. The number of methoxy groups -OCH3 is 3. The molecule has 178 valence electrons. The molecule has 0 spiro atoms. The highest BCUT2D eigenvalue weighted by Gasteiger charge is 2.20. The molecule has 0 unspecified atom stereocenters. The van der Waals surface area contributed by atoms with Crippen LogP contribution in [0.25, 0.3) is 22.3 Å². The Labute approximate surface area is 206 Å². The van der Waals surface area contributed by atoms with Crippen molar-refractivity contribution in [3.05, 3.63) is 83.2 Å². The summed E-state index contributed by atoms with van der Waals surface area (Å²) in [7, 11) is 4.36. The number of nitrogens with one attached hydrogen (secondary N) is 1. The average Bonchev–Trinajstić information content (AvgIpc) is 3.32. The third-order valence-electron chi connectivity index (χ3n) is 5.45. The molecule has 1 heterocycles. The zero-order valence-corrected chi connectivity index (χ0v) is 20.1. The van der Waals surface area contributed by atoms with Crippen molar-refractivity contribution in [3.63, 3.8) is 0 Å². The summed E-state index contributed by atoms with van der Waals surface area (Å²) in [4.78, 5) is 25.1. The van der Waals surface area contributed by atoms with Gasteiger partial charge in [0.1, 0.15) is 5.00 Å². The molecule has 0 saturated heterocycles. The average molecular weight is 489 g/mol. The largest absolute Gasteiger partial charge is 0.545 e. The second kappa shape index (κ2) is 10.3. The van der Waals surface area contributed by atoms with Crippen LogP contribution in [-0.4, -0.2) is 33.2 Å². The number of anilines is 1. The first-order valence-electron chi connectivity index (χ1n) is 10.6. The van der Waals surface area contributed by atoms with Crippen molar-refractivity contribution in [1.29, 1.82) is 0 Å². The maximum Gasteiger partial charge on any atom is 0.256 e. The van der Waals surface area contributed by atoms with Crippen LogP contribution in [0.15, 0.2) is 72.1 Å². The van der Waals surface area contributed by atoms with Gasteiger partial charge in [-0.1, -0.05) is 54.6 Å². The van der Waals surface area contributed by atoms with Gasteiger partial charge in [-0.25, -0.2) is 0 Å². The zero-order chi connectivity index (χ0) is 24.9. The third kappa shape index (κ3) is 4.83. The lowest BCUT2D eigenvalue weighted by Crippen LogP contribution is -2.24. The third-order valence-corrected chi connectivity index (χ3v) is 6.35. The normalized spacial score (nSPS) is 10.5. The Hall–Kier alpha value is -4.30. The fourth-order valence-corrected chi connectivity index (χ4v) is 4.68. The van der Waals surface area contributed by atoms with E-state index >= 15 is 0 Å². The van der Waals surface area contributed by atoms with E-state index in [4.69, 9.17) is 14.2 Å². The van der Waals surface area contributed by atoms with Crippen LogP contribution in [0.1, 0.15) is 20.7 Å². The van der Waals surface area contributed by atoms with E-state index in [1.165, 1.54) is 33.5 Å². The second-order valence-corrected chi connectivity index (χ2v) is 8.33. The molecule has 7 nitrogen and oxygen atoms in total. The van der Waals surface area contributed by atoms with Gasteiger partial charge >= 0.3 is 0 Å². The van der Waals surface area contributed by atoms with Crippen molar-refractivity contribution in [3.8, 4) is 39.5 Å². The number of carbonyl (C=O) groups excluding carboxylic acids is 2. The molecule has 0 bridgehead atoms. The van der Waals surface area contributed by atoms with E-state index in [-0.39, 0.29) is 16.1 Å². The summed E-state index contributed by atoms with van der Waals surface area (Å²) in [5.74, 6) is -0.947. The van der Waals surface area contributed by atoms with Gasteiger partial charge in [-0.3, -0.25) is 4.79 Å². The number of ether oxygens (including phenoxy) is 3. The van der Waals surface area contributed by atoms with Crippen LogP contribution in [0.5, 0.6) is 17.2 Å². The van der Waals surface area contributed by atoms with Gasteiger partial charge in [0.15, 0.2) is 11.5 Å². The number of aromatic carboxylic acids is 1. The lowest BCUT2D eigenvalue weighted by molar-refractivity contribution is -0.254. The van der Waals surface area contributed by atoms with Gasteiger partial charge in [0.05, 0.1) is 27.3 Å². The van der Waals surface area contributed by atoms with Crippen LogP contribution in [0.4, 0.5) is 5.00 Å². The quantitative estimate of drug-likeness (QED) is 0.385. The minimum atomic E-state index is -1.38. The molecule has 0 radical (unpaired) electrons. The maximum absolute atomic E-state index is 13.0. The fourth-order valence-electron chi connectivity index (χ4n) is 3.73. The number of benzene rings is 3. The number of hydrogen-bond acceptors (Lipinski definition) is 7. The first-order chi connectivity index (χ1) is 17.0. The molecule has 4 aromatic rings. The topological polar surface area (TPSA) is 96.9 Å². The molecule has 1 amide bonds. The van der Waals surface area contributed by atoms with E-state index in [1.54, 1.807) is 5.38 Å². The standard InChI is InChI=1S/C27H23NO6S/c1-32-21-13-19(14-22(33-2)24(21)34-3)25(29)28-26-23(27(30)31)20(15-35-26)18-11-9-17(10-12-18)16-7-5-4-6-8-16/h4-15H,1-3H3,(H,28,29)(H,30,31)/p-1. The van der Waals surface area contributed by atoms with Gasteiger partial charge in [-0.15, -0.1) is 11.3 Å². The van der Waals surface area contributed by atoms with E-state index in [9.17, 15) is 14.7 Å². The van der Waals surface area contributed by atoms with E-state index in [2.05, 4.69) is 5.32 Å². The molecule has 8 heteroatoms. The van der Waals surface area contributed by atoms with Gasteiger partial charge in [0.2, 0.25) is 5.75 Å². The first kappa shape index (κ1) is 23.8. The molecule has 0 fully saturated rings. The Morgan fingerprint density at radius 3 is 1.91 bits per heavy atom. The Kier molecular flexibility index (Phi) is 7.03. The van der Waals surface area contributed by atoms with Gasteiger partial charge in [0.25, 0.3) is 5.91 Å². The highest BCUT2D eigenvalue weighted by atomic mass is 32.1. The van der Waals surface area contributed by atoms with E-state index < -0.39 is 11.9 Å². The molecule has 0 aliphatic heterocycles.